The van der Waals surface area contributed by atoms with Gasteiger partial charge in [-0.05, 0) is 18.9 Å². The zero-order valence-corrected chi connectivity index (χ0v) is 11.2. The largest absolute Gasteiger partial charge is 0.465 e. The van der Waals surface area contributed by atoms with Gasteiger partial charge < -0.3 is 15.2 Å². The number of carbonyl (C=O) groups is 2. The molecule has 1 aromatic carbocycles. The normalized spacial score (nSPS) is 13.4. The molecule has 0 radical (unpaired) electrons. The standard InChI is InChI=1S/C14H19NO4/c1-3-9-14(2,15-13(17)18)12(16)19-10-11-7-5-4-6-8-11/h4-8,15H,3,9-10H2,1-2H3,(H,17,18). The van der Waals surface area contributed by atoms with Crippen LogP contribution in [0.25, 0.3) is 0 Å². The molecular formula is C14H19NO4. The van der Waals surface area contributed by atoms with Crippen LogP contribution < -0.4 is 5.32 Å². The molecular weight excluding hydrogens is 246 g/mol. The Labute approximate surface area is 112 Å². The number of nitrogens with one attached hydrogen (secondary N) is 1. The molecule has 5 nitrogen and oxygen atoms in total. The van der Waals surface area contributed by atoms with Crippen molar-refractivity contribution >= 4 is 12.1 Å². The van der Waals surface area contributed by atoms with E-state index in [0.717, 1.165) is 5.56 Å². The van der Waals surface area contributed by atoms with Gasteiger partial charge in [0, 0.05) is 0 Å². The van der Waals surface area contributed by atoms with E-state index in [1.807, 2.05) is 37.3 Å². The third-order valence-corrected chi connectivity index (χ3v) is 2.80. The summed E-state index contributed by atoms with van der Waals surface area (Å²) in [4.78, 5) is 22.8. The van der Waals surface area contributed by atoms with Crippen molar-refractivity contribution in [1.82, 2.24) is 5.32 Å². The first-order valence-electron chi connectivity index (χ1n) is 6.20. The van der Waals surface area contributed by atoms with Crippen LogP contribution in [0, 0.1) is 0 Å². The van der Waals surface area contributed by atoms with Crippen molar-refractivity contribution < 1.29 is 19.4 Å². The number of hydrogen-bond donors (Lipinski definition) is 2. The lowest BCUT2D eigenvalue weighted by Gasteiger charge is -2.26. The van der Waals surface area contributed by atoms with Crippen molar-refractivity contribution in [3.05, 3.63) is 35.9 Å². The lowest BCUT2D eigenvalue weighted by atomic mass is 9.96. The number of carboxylic acid groups (broad SMARTS) is 1. The minimum atomic E-state index is -1.23. The molecule has 0 aliphatic carbocycles. The number of esters is 1. The fourth-order valence-corrected chi connectivity index (χ4v) is 1.83. The van der Waals surface area contributed by atoms with Gasteiger partial charge in [0.1, 0.15) is 12.1 Å². The molecule has 0 fully saturated rings. The van der Waals surface area contributed by atoms with Crippen LogP contribution in [0.15, 0.2) is 30.3 Å². The van der Waals surface area contributed by atoms with Gasteiger partial charge in [-0.25, -0.2) is 9.59 Å². The van der Waals surface area contributed by atoms with Crippen LogP contribution in [0.2, 0.25) is 0 Å². The first-order valence-corrected chi connectivity index (χ1v) is 6.20. The van der Waals surface area contributed by atoms with Gasteiger partial charge >= 0.3 is 12.1 Å². The van der Waals surface area contributed by atoms with Gasteiger partial charge in [-0.1, -0.05) is 43.7 Å². The third-order valence-electron chi connectivity index (χ3n) is 2.80. The molecule has 1 unspecified atom stereocenters. The Morgan fingerprint density at radius 3 is 2.47 bits per heavy atom. The van der Waals surface area contributed by atoms with Crippen LogP contribution in [-0.4, -0.2) is 22.7 Å². The van der Waals surface area contributed by atoms with Gasteiger partial charge in [0.2, 0.25) is 0 Å². The van der Waals surface area contributed by atoms with Gasteiger partial charge in [-0.3, -0.25) is 0 Å². The number of carbonyl (C=O) groups excluding carboxylic acids is 1. The molecule has 0 aliphatic rings. The zero-order chi connectivity index (χ0) is 14.3. The second-order valence-corrected chi connectivity index (χ2v) is 4.57. The van der Waals surface area contributed by atoms with Crippen molar-refractivity contribution in [2.24, 2.45) is 0 Å². The first-order chi connectivity index (χ1) is 8.98. The minimum Gasteiger partial charge on any atom is -0.465 e. The molecule has 0 heterocycles. The van der Waals surface area contributed by atoms with Gasteiger partial charge in [0.25, 0.3) is 0 Å². The van der Waals surface area contributed by atoms with Crippen molar-refractivity contribution in [3.63, 3.8) is 0 Å². The smallest absolute Gasteiger partial charge is 0.405 e. The third kappa shape index (κ3) is 4.62. The summed E-state index contributed by atoms with van der Waals surface area (Å²) in [5, 5.41) is 11.0. The Morgan fingerprint density at radius 2 is 1.95 bits per heavy atom. The van der Waals surface area contributed by atoms with Crippen LogP contribution in [0.3, 0.4) is 0 Å². The number of rotatable bonds is 6. The average Bonchev–Trinajstić information content (AvgIpc) is 2.36. The molecule has 1 rings (SSSR count). The Kier molecular flexibility index (Phi) is 5.36. The summed E-state index contributed by atoms with van der Waals surface area (Å²) in [6.07, 6.45) is -0.156. The molecule has 1 amide bonds. The van der Waals surface area contributed by atoms with E-state index in [0.29, 0.717) is 12.8 Å². The molecule has 104 valence electrons. The summed E-state index contributed by atoms with van der Waals surface area (Å²) in [5.74, 6) is -0.555. The highest BCUT2D eigenvalue weighted by atomic mass is 16.5. The summed E-state index contributed by atoms with van der Waals surface area (Å²) in [6.45, 7) is 3.56. The van der Waals surface area contributed by atoms with E-state index in [1.54, 1.807) is 0 Å². The number of hydrogen-bond acceptors (Lipinski definition) is 3. The molecule has 5 heteroatoms. The van der Waals surface area contributed by atoms with E-state index in [4.69, 9.17) is 9.84 Å². The van der Waals surface area contributed by atoms with Crippen LogP contribution >= 0.6 is 0 Å². The maximum absolute atomic E-state index is 12.0. The molecule has 1 atom stereocenters. The topological polar surface area (TPSA) is 75.6 Å². The first kappa shape index (κ1) is 15.0. The fraction of sp³-hybridized carbons (Fsp3) is 0.429. The van der Waals surface area contributed by atoms with Gasteiger partial charge in [0.05, 0.1) is 0 Å². The average molecular weight is 265 g/mol. The summed E-state index contributed by atoms with van der Waals surface area (Å²) in [7, 11) is 0. The molecule has 2 N–H and O–H groups in total. The second kappa shape index (κ2) is 6.78. The SMILES string of the molecule is CCCC(C)(NC(=O)O)C(=O)OCc1ccccc1. The van der Waals surface area contributed by atoms with Crippen molar-refractivity contribution in [2.75, 3.05) is 0 Å². The van der Waals surface area contributed by atoms with Crippen LogP contribution in [0.1, 0.15) is 32.3 Å². The van der Waals surface area contributed by atoms with Crippen LogP contribution in [-0.2, 0) is 16.1 Å². The Morgan fingerprint density at radius 1 is 1.32 bits per heavy atom. The maximum Gasteiger partial charge on any atom is 0.405 e. The van der Waals surface area contributed by atoms with E-state index in [9.17, 15) is 9.59 Å². The van der Waals surface area contributed by atoms with E-state index in [2.05, 4.69) is 5.32 Å². The highest BCUT2D eigenvalue weighted by molar-refractivity contribution is 5.84. The quantitative estimate of drug-likeness (QED) is 0.775. The molecule has 0 aliphatic heterocycles. The van der Waals surface area contributed by atoms with E-state index in [1.165, 1.54) is 6.92 Å². The maximum atomic E-state index is 12.0. The summed E-state index contributed by atoms with van der Waals surface area (Å²) in [5.41, 5.74) is -0.333. The number of benzene rings is 1. The predicted octanol–water partition coefficient (Wildman–Crippen LogP) is 2.56. The van der Waals surface area contributed by atoms with Gasteiger partial charge in [0.15, 0.2) is 0 Å². The highest BCUT2D eigenvalue weighted by Crippen LogP contribution is 2.15. The summed E-state index contributed by atoms with van der Waals surface area (Å²) >= 11 is 0. The molecule has 1 aromatic rings. The highest BCUT2D eigenvalue weighted by Gasteiger charge is 2.35. The van der Waals surface area contributed by atoms with Crippen LogP contribution in [0.5, 0.6) is 0 Å². The van der Waals surface area contributed by atoms with E-state index >= 15 is 0 Å². The lowest BCUT2D eigenvalue weighted by molar-refractivity contribution is -0.152. The fourth-order valence-electron chi connectivity index (χ4n) is 1.83. The zero-order valence-electron chi connectivity index (χ0n) is 11.2. The van der Waals surface area contributed by atoms with Crippen molar-refractivity contribution in [2.45, 2.75) is 38.8 Å². The molecule has 19 heavy (non-hydrogen) atoms. The van der Waals surface area contributed by atoms with E-state index in [-0.39, 0.29) is 6.61 Å². The van der Waals surface area contributed by atoms with Crippen molar-refractivity contribution in [3.8, 4) is 0 Å². The minimum absolute atomic E-state index is 0.139. The van der Waals surface area contributed by atoms with Gasteiger partial charge in [-0.2, -0.15) is 0 Å². The molecule has 0 aromatic heterocycles. The van der Waals surface area contributed by atoms with E-state index < -0.39 is 17.6 Å². The molecule has 0 saturated heterocycles. The molecule has 0 bridgehead atoms. The lowest BCUT2D eigenvalue weighted by Crippen LogP contribution is -2.52. The second-order valence-electron chi connectivity index (χ2n) is 4.57. The van der Waals surface area contributed by atoms with Crippen molar-refractivity contribution in [1.29, 1.82) is 0 Å². The number of ether oxygens (including phenoxy) is 1. The predicted molar refractivity (Wildman–Crippen MR) is 70.7 cm³/mol. The number of amides is 1. The Balaban J connectivity index is 2.64. The Hall–Kier alpha value is -2.04. The monoisotopic (exact) mass is 265 g/mol. The van der Waals surface area contributed by atoms with Gasteiger partial charge in [-0.15, -0.1) is 0 Å². The Bertz CT molecular complexity index is 432. The summed E-state index contributed by atoms with van der Waals surface area (Å²) < 4.78 is 5.18. The molecule has 0 saturated carbocycles. The summed E-state index contributed by atoms with van der Waals surface area (Å²) in [6, 6.07) is 9.26. The molecule has 0 spiro atoms. The van der Waals surface area contributed by atoms with Crippen LogP contribution in [0.4, 0.5) is 4.79 Å².